The molecule has 1 amide bonds. The van der Waals surface area contributed by atoms with E-state index < -0.39 is 5.60 Å². The number of carbonyl (C=O) groups excluding carboxylic acids is 1. The third-order valence-electron chi connectivity index (χ3n) is 2.64. The van der Waals surface area contributed by atoms with Crippen LogP contribution in [0.25, 0.3) is 0 Å². The van der Waals surface area contributed by atoms with Crippen molar-refractivity contribution in [3.05, 3.63) is 0 Å². The predicted molar refractivity (Wildman–Crippen MR) is 69.6 cm³/mol. The molecule has 1 fully saturated rings. The molecule has 0 aromatic rings. The van der Waals surface area contributed by atoms with E-state index in [1.54, 1.807) is 4.90 Å². The highest BCUT2D eigenvalue weighted by Gasteiger charge is 2.24. The minimum atomic E-state index is -0.417. The maximum atomic E-state index is 11.9. The standard InChI is InChI=1S/C12H23ClN2O2/c1-12(2,3)17-11(16)15-7-4-6-14(8-5-13)9-10-15/h4-10H2,1-3H3. The minimum absolute atomic E-state index is 0.203. The van der Waals surface area contributed by atoms with Crippen molar-refractivity contribution in [2.75, 3.05) is 38.6 Å². The molecule has 0 bridgehead atoms. The zero-order chi connectivity index (χ0) is 12.9. The van der Waals surface area contributed by atoms with Crippen LogP contribution >= 0.6 is 11.6 Å². The molecule has 0 aromatic heterocycles. The topological polar surface area (TPSA) is 32.8 Å². The third-order valence-corrected chi connectivity index (χ3v) is 2.81. The van der Waals surface area contributed by atoms with Crippen molar-refractivity contribution < 1.29 is 9.53 Å². The lowest BCUT2D eigenvalue weighted by Gasteiger charge is -2.26. The van der Waals surface area contributed by atoms with Crippen molar-refractivity contribution in [3.8, 4) is 0 Å². The Morgan fingerprint density at radius 1 is 1.24 bits per heavy atom. The van der Waals surface area contributed by atoms with Gasteiger partial charge in [-0.05, 0) is 33.7 Å². The Labute approximate surface area is 109 Å². The Morgan fingerprint density at radius 3 is 2.53 bits per heavy atom. The van der Waals surface area contributed by atoms with Gasteiger partial charge in [-0.15, -0.1) is 11.6 Å². The maximum absolute atomic E-state index is 11.9. The van der Waals surface area contributed by atoms with Crippen LogP contribution in [0.1, 0.15) is 27.2 Å². The molecule has 5 heteroatoms. The van der Waals surface area contributed by atoms with Crippen LogP contribution in [0.4, 0.5) is 4.79 Å². The second-order valence-corrected chi connectivity index (χ2v) is 5.73. The van der Waals surface area contributed by atoms with E-state index in [0.717, 1.165) is 39.1 Å². The predicted octanol–water partition coefficient (Wildman–Crippen LogP) is 2.17. The first-order valence-electron chi connectivity index (χ1n) is 6.18. The van der Waals surface area contributed by atoms with Gasteiger partial charge in [0.1, 0.15) is 5.60 Å². The SMILES string of the molecule is CC(C)(C)OC(=O)N1CCCN(CCCl)CC1. The van der Waals surface area contributed by atoms with Gasteiger partial charge >= 0.3 is 6.09 Å². The molecule has 1 rings (SSSR count). The smallest absolute Gasteiger partial charge is 0.410 e. The largest absolute Gasteiger partial charge is 0.444 e. The van der Waals surface area contributed by atoms with Gasteiger partial charge in [0, 0.05) is 32.1 Å². The molecule has 0 spiro atoms. The van der Waals surface area contributed by atoms with Crippen LogP contribution in [0.2, 0.25) is 0 Å². The number of carbonyl (C=O) groups is 1. The quantitative estimate of drug-likeness (QED) is 0.715. The second-order valence-electron chi connectivity index (χ2n) is 5.35. The maximum Gasteiger partial charge on any atom is 0.410 e. The summed E-state index contributed by atoms with van der Waals surface area (Å²) in [6, 6.07) is 0. The van der Waals surface area contributed by atoms with Crippen LogP contribution in [-0.4, -0.2) is 60.1 Å². The highest BCUT2D eigenvalue weighted by atomic mass is 35.5. The number of amides is 1. The zero-order valence-corrected chi connectivity index (χ0v) is 11.8. The van der Waals surface area contributed by atoms with Gasteiger partial charge in [0.15, 0.2) is 0 Å². The lowest BCUT2D eigenvalue weighted by molar-refractivity contribution is 0.0258. The Morgan fingerprint density at radius 2 is 1.94 bits per heavy atom. The van der Waals surface area contributed by atoms with Crippen molar-refractivity contribution in [1.29, 1.82) is 0 Å². The van der Waals surface area contributed by atoms with Crippen molar-refractivity contribution in [3.63, 3.8) is 0 Å². The second kappa shape index (κ2) is 6.45. The number of halogens is 1. The Hall–Kier alpha value is -0.480. The van der Waals surface area contributed by atoms with E-state index in [1.807, 2.05) is 20.8 Å². The molecule has 1 saturated heterocycles. The van der Waals surface area contributed by atoms with Gasteiger partial charge in [-0.2, -0.15) is 0 Å². The monoisotopic (exact) mass is 262 g/mol. The summed E-state index contributed by atoms with van der Waals surface area (Å²) < 4.78 is 5.37. The van der Waals surface area contributed by atoms with E-state index in [9.17, 15) is 4.79 Å². The number of rotatable bonds is 2. The van der Waals surface area contributed by atoms with Crippen molar-refractivity contribution in [2.24, 2.45) is 0 Å². The highest BCUT2D eigenvalue weighted by Crippen LogP contribution is 2.12. The normalized spacial score (nSPS) is 18.9. The highest BCUT2D eigenvalue weighted by molar-refractivity contribution is 6.18. The van der Waals surface area contributed by atoms with Gasteiger partial charge in [0.25, 0.3) is 0 Å². The summed E-state index contributed by atoms with van der Waals surface area (Å²) in [7, 11) is 0. The molecule has 100 valence electrons. The zero-order valence-electron chi connectivity index (χ0n) is 11.0. The molecule has 1 heterocycles. The van der Waals surface area contributed by atoms with Gasteiger partial charge in [-0.25, -0.2) is 4.79 Å². The van der Waals surface area contributed by atoms with Gasteiger partial charge in [0.05, 0.1) is 0 Å². The number of hydrogen-bond donors (Lipinski definition) is 0. The summed E-state index contributed by atoms with van der Waals surface area (Å²) in [5.41, 5.74) is -0.417. The lowest BCUT2D eigenvalue weighted by Crippen LogP contribution is -2.39. The van der Waals surface area contributed by atoms with Crippen LogP contribution in [0, 0.1) is 0 Å². The van der Waals surface area contributed by atoms with E-state index in [4.69, 9.17) is 16.3 Å². The van der Waals surface area contributed by atoms with Crippen molar-refractivity contribution >= 4 is 17.7 Å². The van der Waals surface area contributed by atoms with E-state index in [2.05, 4.69) is 4.90 Å². The van der Waals surface area contributed by atoms with Crippen molar-refractivity contribution in [2.45, 2.75) is 32.8 Å². The molecule has 0 aliphatic carbocycles. The van der Waals surface area contributed by atoms with Crippen LogP contribution in [0.5, 0.6) is 0 Å². The summed E-state index contributed by atoms with van der Waals surface area (Å²) in [5, 5.41) is 0. The van der Waals surface area contributed by atoms with Crippen LogP contribution in [-0.2, 0) is 4.74 Å². The minimum Gasteiger partial charge on any atom is -0.444 e. The summed E-state index contributed by atoms with van der Waals surface area (Å²) in [5.74, 6) is 0.645. The molecule has 1 aliphatic rings. The molecule has 1 aliphatic heterocycles. The molecule has 0 radical (unpaired) electrons. The van der Waals surface area contributed by atoms with Crippen molar-refractivity contribution in [1.82, 2.24) is 9.80 Å². The molecule has 17 heavy (non-hydrogen) atoms. The summed E-state index contributed by atoms with van der Waals surface area (Å²) >= 11 is 5.73. The van der Waals surface area contributed by atoms with E-state index >= 15 is 0 Å². The molecule has 0 aromatic carbocycles. The molecule has 4 nitrogen and oxygen atoms in total. The van der Waals surface area contributed by atoms with E-state index in [-0.39, 0.29) is 6.09 Å². The molecular formula is C12H23ClN2O2. The van der Waals surface area contributed by atoms with Crippen LogP contribution in [0.15, 0.2) is 0 Å². The third kappa shape index (κ3) is 5.59. The van der Waals surface area contributed by atoms with Gasteiger partial charge in [0.2, 0.25) is 0 Å². The van der Waals surface area contributed by atoms with Gasteiger partial charge in [-0.1, -0.05) is 0 Å². The summed E-state index contributed by atoms with van der Waals surface area (Å²) in [6.07, 6.45) is 0.779. The number of nitrogens with zero attached hydrogens (tertiary/aromatic N) is 2. The molecule has 0 atom stereocenters. The summed E-state index contributed by atoms with van der Waals surface area (Å²) in [6.45, 7) is 9.95. The first-order chi connectivity index (χ1) is 7.92. The van der Waals surface area contributed by atoms with Crippen LogP contribution in [0.3, 0.4) is 0 Å². The number of ether oxygens (including phenoxy) is 1. The van der Waals surface area contributed by atoms with E-state index in [1.165, 1.54) is 0 Å². The van der Waals surface area contributed by atoms with E-state index in [0.29, 0.717) is 5.88 Å². The van der Waals surface area contributed by atoms with Crippen LogP contribution < -0.4 is 0 Å². The fraction of sp³-hybridized carbons (Fsp3) is 0.917. The Kier molecular flexibility index (Phi) is 5.53. The Bertz CT molecular complexity index is 253. The first-order valence-corrected chi connectivity index (χ1v) is 6.72. The fourth-order valence-electron chi connectivity index (χ4n) is 1.82. The number of alkyl halides is 1. The first kappa shape index (κ1) is 14.6. The average molecular weight is 263 g/mol. The average Bonchev–Trinajstić information content (AvgIpc) is 2.41. The van der Waals surface area contributed by atoms with Gasteiger partial charge in [-0.3, -0.25) is 0 Å². The number of hydrogen-bond acceptors (Lipinski definition) is 3. The lowest BCUT2D eigenvalue weighted by atomic mass is 10.2. The fourth-order valence-corrected chi connectivity index (χ4v) is 2.06. The molecule has 0 unspecified atom stereocenters. The van der Waals surface area contributed by atoms with Gasteiger partial charge < -0.3 is 14.5 Å². The molecular weight excluding hydrogens is 240 g/mol. The Balaban J connectivity index is 2.43. The molecule has 0 saturated carbocycles. The summed E-state index contributed by atoms with van der Waals surface area (Å²) in [4.78, 5) is 16.0. The molecule has 0 N–H and O–H groups in total.